The molecule has 5 heteroatoms. The number of hydrogen-bond acceptors (Lipinski definition) is 2. The van der Waals surface area contributed by atoms with E-state index in [0.717, 1.165) is 31.9 Å². The van der Waals surface area contributed by atoms with Crippen LogP contribution in [0.1, 0.15) is 19.3 Å². The molecule has 0 amide bonds. The van der Waals surface area contributed by atoms with Gasteiger partial charge >= 0.3 is 5.97 Å². The molecule has 2 nitrogen and oxygen atoms in total. The minimum Gasteiger partial charge on any atom is -0.469 e. The summed E-state index contributed by atoms with van der Waals surface area (Å²) in [6.45, 7) is 0. The molecule has 78 valence electrons. The van der Waals surface area contributed by atoms with Crippen LogP contribution in [0.2, 0.25) is 0 Å². The van der Waals surface area contributed by atoms with E-state index in [1.807, 2.05) is 0 Å². The molecule has 0 fully saturated rings. The van der Waals surface area contributed by atoms with Crippen molar-refractivity contribution in [3.8, 4) is 0 Å². The number of rotatable bonds is 2. The number of esters is 1. The fraction of sp³-hybridized carbons (Fsp3) is 0.444. The number of allylic oxidation sites excluding steroid dienone is 3. The van der Waals surface area contributed by atoms with Crippen molar-refractivity contribution in [2.75, 3.05) is 7.11 Å². The molecule has 0 unspecified atom stereocenters. The summed E-state index contributed by atoms with van der Waals surface area (Å²) in [5.74, 6) is -0.199. The van der Waals surface area contributed by atoms with Gasteiger partial charge < -0.3 is 4.74 Å². The molecule has 0 spiro atoms. The van der Waals surface area contributed by atoms with Crippen LogP contribution >= 0.6 is 47.8 Å². The third-order valence-corrected chi connectivity index (χ3v) is 4.83. The van der Waals surface area contributed by atoms with Crippen molar-refractivity contribution in [1.29, 1.82) is 0 Å². The maximum atomic E-state index is 11.1. The van der Waals surface area contributed by atoms with Gasteiger partial charge in [-0.05, 0) is 5.57 Å². The second-order valence-electron chi connectivity index (χ2n) is 2.92. The molecule has 0 aliphatic heterocycles. The third kappa shape index (κ3) is 3.21. The van der Waals surface area contributed by atoms with Crippen LogP contribution in [0.25, 0.3) is 0 Å². The molecule has 0 aromatic heterocycles. The van der Waals surface area contributed by atoms with Crippen LogP contribution < -0.4 is 0 Å². The van der Waals surface area contributed by atoms with Crippen molar-refractivity contribution in [3.63, 3.8) is 0 Å². The summed E-state index contributed by atoms with van der Waals surface area (Å²) in [4.78, 5) is 11.1. The molecule has 1 rings (SSSR count). The van der Waals surface area contributed by atoms with Crippen molar-refractivity contribution in [2.24, 2.45) is 0 Å². The molecule has 1 aliphatic carbocycles. The molecule has 0 aromatic carbocycles. The summed E-state index contributed by atoms with van der Waals surface area (Å²) >= 11 is 10.4. The first-order valence-electron chi connectivity index (χ1n) is 4.00. The first-order valence-corrected chi connectivity index (χ1v) is 6.38. The van der Waals surface area contributed by atoms with Gasteiger partial charge in [0.05, 0.1) is 13.5 Å². The zero-order valence-corrected chi connectivity index (χ0v) is 12.3. The van der Waals surface area contributed by atoms with E-state index in [9.17, 15) is 4.79 Å². The van der Waals surface area contributed by atoms with Gasteiger partial charge in [0, 0.05) is 26.3 Å². The SMILES string of the molecule is COC(=O)CC1=C(Br)CC(Br)=C(Br)C1. The lowest BCUT2D eigenvalue weighted by atomic mass is 10.0. The summed E-state index contributed by atoms with van der Waals surface area (Å²) in [5.41, 5.74) is 1.08. The third-order valence-electron chi connectivity index (χ3n) is 1.94. The summed E-state index contributed by atoms with van der Waals surface area (Å²) < 4.78 is 7.91. The van der Waals surface area contributed by atoms with E-state index in [2.05, 4.69) is 52.5 Å². The van der Waals surface area contributed by atoms with Gasteiger partial charge in [-0.2, -0.15) is 0 Å². The highest BCUT2D eigenvalue weighted by Gasteiger charge is 2.18. The van der Waals surface area contributed by atoms with Gasteiger partial charge in [-0.3, -0.25) is 4.79 Å². The lowest BCUT2D eigenvalue weighted by Crippen LogP contribution is -2.05. The molecule has 0 heterocycles. The number of carbonyl (C=O) groups excluding carboxylic acids is 1. The quantitative estimate of drug-likeness (QED) is 0.668. The Kier molecular flexibility index (Phi) is 4.87. The number of ether oxygens (including phenoxy) is 1. The van der Waals surface area contributed by atoms with Gasteiger partial charge in [-0.15, -0.1) is 0 Å². The Morgan fingerprint density at radius 2 is 1.79 bits per heavy atom. The molecule has 0 aromatic rings. The topological polar surface area (TPSA) is 26.3 Å². The number of halogens is 3. The van der Waals surface area contributed by atoms with E-state index in [0.29, 0.717) is 6.42 Å². The number of methoxy groups -OCH3 is 1. The second kappa shape index (κ2) is 5.47. The van der Waals surface area contributed by atoms with Gasteiger partial charge in [0.25, 0.3) is 0 Å². The summed E-state index contributed by atoms with van der Waals surface area (Å²) in [6.07, 6.45) is 1.91. The lowest BCUT2D eigenvalue weighted by molar-refractivity contribution is -0.139. The van der Waals surface area contributed by atoms with Crippen molar-refractivity contribution in [1.82, 2.24) is 0 Å². The predicted octanol–water partition coefficient (Wildman–Crippen LogP) is 3.99. The molecule has 0 N–H and O–H groups in total. The van der Waals surface area contributed by atoms with Crippen molar-refractivity contribution in [2.45, 2.75) is 19.3 Å². The first-order chi connectivity index (χ1) is 6.54. The maximum Gasteiger partial charge on any atom is 0.309 e. The van der Waals surface area contributed by atoms with E-state index in [4.69, 9.17) is 0 Å². The number of hydrogen-bond donors (Lipinski definition) is 0. The molecule has 0 bridgehead atoms. The Labute approximate surface area is 108 Å². The van der Waals surface area contributed by atoms with Crippen LogP contribution in [0.3, 0.4) is 0 Å². The highest BCUT2D eigenvalue weighted by atomic mass is 79.9. The molecular weight excluding hydrogens is 380 g/mol. The lowest BCUT2D eigenvalue weighted by Gasteiger charge is -2.16. The van der Waals surface area contributed by atoms with Crippen molar-refractivity contribution >= 4 is 53.8 Å². The predicted molar refractivity (Wildman–Crippen MR) is 66.7 cm³/mol. The maximum absolute atomic E-state index is 11.1. The van der Waals surface area contributed by atoms with E-state index in [1.54, 1.807) is 0 Å². The van der Waals surface area contributed by atoms with E-state index in [-0.39, 0.29) is 5.97 Å². The zero-order chi connectivity index (χ0) is 10.7. The number of carbonyl (C=O) groups is 1. The Balaban J connectivity index is 2.71. The Bertz CT molecular complexity index is 318. The van der Waals surface area contributed by atoms with Crippen LogP contribution in [-0.2, 0) is 9.53 Å². The Morgan fingerprint density at radius 3 is 2.36 bits per heavy atom. The fourth-order valence-electron chi connectivity index (χ4n) is 1.14. The fourth-order valence-corrected chi connectivity index (χ4v) is 2.98. The van der Waals surface area contributed by atoms with Gasteiger partial charge in [0.1, 0.15) is 0 Å². The highest BCUT2D eigenvalue weighted by Crippen LogP contribution is 2.39. The molecule has 0 saturated carbocycles. The van der Waals surface area contributed by atoms with Crippen molar-refractivity contribution in [3.05, 3.63) is 19.0 Å². The summed E-state index contributed by atoms with van der Waals surface area (Å²) in [6, 6.07) is 0. The van der Waals surface area contributed by atoms with Gasteiger partial charge in [0.15, 0.2) is 0 Å². The Morgan fingerprint density at radius 1 is 1.21 bits per heavy atom. The zero-order valence-electron chi connectivity index (χ0n) is 7.57. The molecular formula is C9H9Br3O2. The smallest absolute Gasteiger partial charge is 0.309 e. The van der Waals surface area contributed by atoms with E-state index in [1.165, 1.54) is 7.11 Å². The van der Waals surface area contributed by atoms with Gasteiger partial charge in [-0.1, -0.05) is 47.8 Å². The van der Waals surface area contributed by atoms with Crippen molar-refractivity contribution < 1.29 is 9.53 Å². The van der Waals surface area contributed by atoms with E-state index >= 15 is 0 Å². The van der Waals surface area contributed by atoms with E-state index < -0.39 is 0 Å². The largest absolute Gasteiger partial charge is 0.469 e. The van der Waals surface area contributed by atoms with Crippen LogP contribution in [0, 0.1) is 0 Å². The minimum absolute atomic E-state index is 0.199. The normalized spacial score (nSPS) is 17.4. The molecule has 1 aliphatic rings. The monoisotopic (exact) mass is 386 g/mol. The van der Waals surface area contributed by atoms with Crippen LogP contribution in [0.5, 0.6) is 0 Å². The highest BCUT2D eigenvalue weighted by molar-refractivity contribution is 9.14. The molecule has 14 heavy (non-hydrogen) atoms. The summed E-state index contributed by atoms with van der Waals surface area (Å²) in [5, 5.41) is 0. The standard InChI is InChI=1S/C9H9Br3O2/c1-14-9(13)3-5-2-7(11)8(12)4-6(5)10/h2-4H2,1H3. The average Bonchev–Trinajstić information content (AvgIpc) is 2.14. The molecule has 0 saturated heterocycles. The molecule has 0 atom stereocenters. The minimum atomic E-state index is -0.199. The second-order valence-corrected chi connectivity index (χ2v) is 5.80. The van der Waals surface area contributed by atoms with Crippen LogP contribution in [0.4, 0.5) is 0 Å². The van der Waals surface area contributed by atoms with Crippen LogP contribution in [-0.4, -0.2) is 13.1 Å². The average molecular weight is 389 g/mol. The van der Waals surface area contributed by atoms with Crippen LogP contribution in [0.15, 0.2) is 19.0 Å². The summed E-state index contributed by atoms with van der Waals surface area (Å²) in [7, 11) is 1.40. The first kappa shape index (κ1) is 12.5. The molecule has 0 radical (unpaired) electrons. The van der Waals surface area contributed by atoms with Gasteiger partial charge in [0.2, 0.25) is 0 Å². The Hall–Kier alpha value is 0.390. The van der Waals surface area contributed by atoms with Gasteiger partial charge in [-0.25, -0.2) is 0 Å².